The van der Waals surface area contributed by atoms with Gasteiger partial charge in [-0.2, -0.15) is 4.57 Å². The van der Waals surface area contributed by atoms with E-state index in [4.69, 9.17) is 0 Å². The van der Waals surface area contributed by atoms with E-state index in [0.717, 1.165) is 22.2 Å². The quantitative estimate of drug-likeness (QED) is 0.419. The molecule has 0 N–H and O–H groups in total. The van der Waals surface area contributed by atoms with Crippen molar-refractivity contribution in [3.63, 3.8) is 0 Å². The molecule has 2 aromatic carbocycles. The Morgan fingerprint density at radius 2 is 1.72 bits per heavy atom. The summed E-state index contributed by atoms with van der Waals surface area (Å²) in [4.78, 5) is 13.0. The van der Waals surface area contributed by atoms with Crippen molar-refractivity contribution in [3.8, 4) is 11.6 Å². The van der Waals surface area contributed by atoms with Gasteiger partial charge in [0.1, 0.15) is 11.2 Å². The summed E-state index contributed by atoms with van der Waals surface area (Å²) in [6.07, 6.45) is 0.399. The van der Waals surface area contributed by atoms with Crippen LogP contribution >= 0.6 is 0 Å². The Morgan fingerprint density at radius 1 is 1.00 bits per heavy atom. The third-order valence-electron chi connectivity index (χ3n) is 4.62. The van der Waals surface area contributed by atoms with Crippen LogP contribution in [0.4, 0.5) is 0 Å². The van der Waals surface area contributed by atoms with Gasteiger partial charge in [0.25, 0.3) is 5.65 Å². The molecule has 4 rings (SSSR count). The molecular formula is C21H18N2O2. The molecule has 4 aromatic rings. The van der Waals surface area contributed by atoms with Gasteiger partial charge in [0.2, 0.25) is 0 Å². The van der Waals surface area contributed by atoms with E-state index in [0.29, 0.717) is 17.6 Å². The van der Waals surface area contributed by atoms with Crippen molar-refractivity contribution >= 4 is 16.6 Å². The van der Waals surface area contributed by atoms with Crippen LogP contribution in [0.25, 0.3) is 22.2 Å². The van der Waals surface area contributed by atoms with Gasteiger partial charge in [-0.25, -0.2) is 9.20 Å². The topological polar surface area (TPSA) is 49.2 Å². The average molecular weight is 330 g/mol. The fourth-order valence-corrected chi connectivity index (χ4v) is 3.29. The first-order valence-corrected chi connectivity index (χ1v) is 8.37. The normalized spacial score (nSPS) is 11.3. The molecule has 0 unspecified atom stereocenters. The number of fused-ring (bicyclic) bond motifs is 3. The van der Waals surface area contributed by atoms with Crippen LogP contribution in [0.3, 0.4) is 0 Å². The van der Waals surface area contributed by atoms with Gasteiger partial charge in [0.15, 0.2) is 0 Å². The standard InChI is InChI=1S/C21H18N2O2/c1-3-17-20(24)22(16-11-8-14(2)9-12-16)19-13-10-15-6-4-5-7-18(15)23(19)21(17)25/h4-13H,3H2,1-2H3. The Hall–Kier alpha value is -3.14. The van der Waals surface area contributed by atoms with Crippen molar-refractivity contribution in [1.29, 1.82) is 0 Å². The van der Waals surface area contributed by atoms with Gasteiger partial charge in [-0.3, -0.25) is 0 Å². The highest BCUT2D eigenvalue weighted by atomic mass is 16.3. The number of benzene rings is 2. The third-order valence-corrected chi connectivity index (χ3v) is 4.62. The summed E-state index contributed by atoms with van der Waals surface area (Å²) >= 11 is 0. The van der Waals surface area contributed by atoms with Crippen molar-refractivity contribution in [1.82, 2.24) is 4.57 Å². The van der Waals surface area contributed by atoms with Crippen LogP contribution in [0.15, 0.2) is 65.5 Å². The van der Waals surface area contributed by atoms with E-state index in [1.807, 2.05) is 74.5 Å². The molecule has 4 heteroatoms. The third kappa shape index (κ3) is 2.30. The molecule has 0 bridgehead atoms. The van der Waals surface area contributed by atoms with Crippen LogP contribution in [0, 0.1) is 6.92 Å². The van der Waals surface area contributed by atoms with Crippen LogP contribution in [0.2, 0.25) is 0 Å². The Kier molecular flexibility index (Phi) is 3.53. The summed E-state index contributed by atoms with van der Waals surface area (Å²) in [6, 6.07) is 19.3. The predicted molar refractivity (Wildman–Crippen MR) is 96.3 cm³/mol. The van der Waals surface area contributed by atoms with Crippen LogP contribution in [-0.4, -0.2) is 4.57 Å². The van der Waals surface area contributed by atoms with Crippen LogP contribution in [-0.2, 0) is 6.42 Å². The molecule has 25 heavy (non-hydrogen) atoms. The second-order valence-electron chi connectivity index (χ2n) is 6.20. The summed E-state index contributed by atoms with van der Waals surface area (Å²) < 4.78 is 3.28. The van der Waals surface area contributed by atoms with E-state index in [1.165, 1.54) is 0 Å². The van der Waals surface area contributed by atoms with E-state index < -0.39 is 0 Å². The molecule has 124 valence electrons. The first-order valence-electron chi connectivity index (χ1n) is 8.37. The van der Waals surface area contributed by atoms with Crippen molar-refractivity contribution in [3.05, 3.63) is 82.1 Å². The zero-order valence-corrected chi connectivity index (χ0v) is 14.2. The molecule has 0 amide bonds. The molecule has 0 saturated heterocycles. The summed E-state index contributed by atoms with van der Waals surface area (Å²) in [6.45, 7) is 3.85. The first kappa shape index (κ1) is 15.4. The monoisotopic (exact) mass is 330 g/mol. The minimum absolute atomic E-state index is 0.234. The van der Waals surface area contributed by atoms with E-state index in [9.17, 15) is 9.90 Å². The lowest BCUT2D eigenvalue weighted by atomic mass is 10.1. The number of nitrogens with zero attached hydrogens (tertiary/aromatic N) is 2. The maximum absolute atomic E-state index is 13.0. The highest BCUT2D eigenvalue weighted by Gasteiger charge is 2.21. The van der Waals surface area contributed by atoms with E-state index in [1.54, 1.807) is 8.97 Å². The van der Waals surface area contributed by atoms with Crippen LogP contribution in [0.5, 0.6) is 5.88 Å². The molecule has 2 heterocycles. The van der Waals surface area contributed by atoms with Crippen LogP contribution in [0.1, 0.15) is 18.1 Å². The zero-order chi connectivity index (χ0) is 17.6. The fourth-order valence-electron chi connectivity index (χ4n) is 3.29. The van der Waals surface area contributed by atoms with E-state index in [2.05, 4.69) is 0 Å². The summed E-state index contributed by atoms with van der Waals surface area (Å²) in [5.41, 5.74) is 3.32. The highest BCUT2D eigenvalue weighted by Crippen LogP contribution is 2.18. The molecule has 0 aliphatic rings. The molecule has 0 saturated carbocycles. The minimum Gasteiger partial charge on any atom is -0.842 e. The van der Waals surface area contributed by atoms with Gasteiger partial charge >= 0.3 is 5.56 Å². The Bertz CT molecular complexity index is 1160. The Morgan fingerprint density at radius 3 is 2.44 bits per heavy atom. The highest BCUT2D eigenvalue weighted by molar-refractivity contribution is 5.77. The minimum atomic E-state index is -0.244. The average Bonchev–Trinajstić information content (AvgIpc) is 2.63. The molecule has 0 aliphatic carbocycles. The van der Waals surface area contributed by atoms with Gasteiger partial charge in [0.05, 0.1) is 11.4 Å². The second-order valence-corrected chi connectivity index (χ2v) is 6.20. The molecular weight excluding hydrogens is 312 g/mol. The number of hydrogen-bond donors (Lipinski definition) is 0. The lowest BCUT2D eigenvalue weighted by molar-refractivity contribution is -0.567. The molecule has 4 nitrogen and oxygen atoms in total. The van der Waals surface area contributed by atoms with Gasteiger partial charge in [0, 0.05) is 11.5 Å². The summed E-state index contributed by atoms with van der Waals surface area (Å²) in [5.74, 6) is -0.234. The lowest BCUT2D eigenvalue weighted by Gasteiger charge is -2.15. The van der Waals surface area contributed by atoms with Crippen molar-refractivity contribution in [2.45, 2.75) is 20.3 Å². The number of para-hydroxylation sites is 1. The maximum Gasteiger partial charge on any atom is 0.345 e. The Balaban J connectivity index is 2.24. The molecule has 0 fully saturated rings. The van der Waals surface area contributed by atoms with E-state index in [-0.39, 0.29) is 11.4 Å². The summed E-state index contributed by atoms with van der Waals surface area (Å²) in [5, 5.41) is 13.9. The number of aryl methyl sites for hydroxylation is 1. The van der Waals surface area contributed by atoms with Gasteiger partial charge in [-0.15, -0.1) is 0 Å². The number of hydrogen-bond acceptors (Lipinski definition) is 2. The van der Waals surface area contributed by atoms with Crippen molar-refractivity contribution in [2.75, 3.05) is 0 Å². The fraction of sp³-hybridized carbons (Fsp3) is 0.143. The van der Waals surface area contributed by atoms with E-state index >= 15 is 0 Å². The van der Waals surface area contributed by atoms with Crippen molar-refractivity contribution in [2.24, 2.45) is 0 Å². The second kappa shape index (κ2) is 5.74. The Labute approximate surface area is 145 Å². The zero-order valence-electron chi connectivity index (χ0n) is 14.2. The molecule has 0 radical (unpaired) electrons. The molecule has 0 aliphatic heterocycles. The first-order chi connectivity index (χ1) is 12.1. The summed E-state index contributed by atoms with van der Waals surface area (Å²) in [7, 11) is 0. The molecule has 2 aromatic heterocycles. The predicted octanol–water partition coefficient (Wildman–Crippen LogP) is 2.67. The maximum atomic E-state index is 13.0. The number of aromatic nitrogens is 2. The van der Waals surface area contributed by atoms with Crippen molar-refractivity contribution < 1.29 is 9.51 Å². The largest absolute Gasteiger partial charge is 0.842 e. The van der Waals surface area contributed by atoms with Gasteiger partial charge < -0.3 is 5.11 Å². The molecule has 0 spiro atoms. The lowest BCUT2D eigenvalue weighted by Crippen LogP contribution is -2.39. The molecule has 0 atom stereocenters. The van der Waals surface area contributed by atoms with Crippen LogP contribution < -0.4 is 15.1 Å². The van der Waals surface area contributed by atoms with Gasteiger partial charge in [-0.05, 0) is 37.6 Å². The number of rotatable bonds is 2. The number of pyridine rings is 1. The van der Waals surface area contributed by atoms with Gasteiger partial charge in [-0.1, -0.05) is 42.8 Å². The smallest absolute Gasteiger partial charge is 0.345 e. The SMILES string of the molecule is CCc1c([O-])[n+]2c3ccccc3ccc2n(-c2ccc(C)cc2)c1=O.